The zero-order valence-corrected chi connectivity index (χ0v) is 15.5. The van der Waals surface area contributed by atoms with Crippen LogP contribution in [-0.4, -0.2) is 44.7 Å². The maximum absolute atomic E-state index is 12.5. The summed E-state index contributed by atoms with van der Waals surface area (Å²) in [7, 11) is 1.82. The quantitative estimate of drug-likeness (QED) is 0.721. The average molecular weight is 369 g/mol. The number of aryl methyl sites for hydroxylation is 1. The van der Waals surface area contributed by atoms with E-state index in [2.05, 4.69) is 10.3 Å². The Hall–Kier alpha value is -2.87. The Bertz CT molecular complexity index is 956. The van der Waals surface area contributed by atoms with E-state index in [1.54, 1.807) is 17.1 Å². The maximum atomic E-state index is 12.5. The summed E-state index contributed by atoms with van der Waals surface area (Å²) in [6, 6.07) is 1.85. The van der Waals surface area contributed by atoms with Gasteiger partial charge in [0.15, 0.2) is 0 Å². The Morgan fingerprint density at radius 2 is 2.30 bits per heavy atom. The molecule has 8 heteroatoms. The lowest BCUT2D eigenvalue weighted by molar-refractivity contribution is 0.102. The van der Waals surface area contributed by atoms with Gasteiger partial charge in [0.1, 0.15) is 22.8 Å². The van der Waals surface area contributed by atoms with Gasteiger partial charge in [0, 0.05) is 44.9 Å². The first-order valence-corrected chi connectivity index (χ1v) is 9.14. The van der Waals surface area contributed by atoms with Crippen LogP contribution in [0.4, 0.5) is 5.69 Å². The van der Waals surface area contributed by atoms with Gasteiger partial charge in [-0.15, -0.1) is 0 Å². The van der Waals surface area contributed by atoms with Gasteiger partial charge >= 0.3 is 0 Å². The molecule has 4 rings (SSSR count). The van der Waals surface area contributed by atoms with E-state index in [-0.39, 0.29) is 5.91 Å². The summed E-state index contributed by atoms with van der Waals surface area (Å²) in [5, 5.41) is 2.89. The number of pyridine rings is 1. The Balaban J connectivity index is 1.61. The first kappa shape index (κ1) is 17.5. The van der Waals surface area contributed by atoms with Gasteiger partial charge in [-0.1, -0.05) is 0 Å². The van der Waals surface area contributed by atoms with E-state index < -0.39 is 0 Å². The van der Waals surface area contributed by atoms with Gasteiger partial charge in [-0.3, -0.25) is 4.79 Å². The van der Waals surface area contributed by atoms with Gasteiger partial charge < -0.3 is 23.8 Å². The number of imidazole rings is 2. The lowest BCUT2D eigenvalue weighted by Gasteiger charge is -2.11. The Morgan fingerprint density at radius 3 is 3.00 bits per heavy atom. The first-order chi connectivity index (χ1) is 13.1. The Labute approximate surface area is 157 Å². The van der Waals surface area contributed by atoms with E-state index >= 15 is 0 Å². The molecule has 0 aliphatic carbocycles. The van der Waals surface area contributed by atoms with Crippen molar-refractivity contribution < 1.29 is 14.3 Å². The molecule has 8 nitrogen and oxygen atoms in total. The van der Waals surface area contributed by atoms with Crippen LogP contribution in [0.25, 0.3) is 5.65 Å². The largest absolute Gasteiger partial charge is 0.491 e. The van der Waals surface area contributed by atoms with Crippen LogP contribution < -0.4 is 10.1 Å². The normalized spacial score (nSPS) is 16.7. The molecule has 1 fully saturated rings. The van der Waals surface area contributed by atoms with E-state index in [4.69, 9.17) is 14.5 Å². The van der Waals surface area contributed by atoms with Crippen LogP contribution in [0.2, 0.25) is 0 Å². The lowest BCUT2D eigenvalue weighted by atomic mass is 10.0. The van der Waals surface area contributed by atoms with E-state index in [9.17, 15) is 4.79 Å². The van der Waals surface area contributed by atoms with Crippen LogP contribution >= 0.6 is 0 Å². The maximum Gasteiger partial charge on any atom is 0.275 e. The van der Waals surface area contributed by atoms with Crippen molar-refractivity contribution in [3.63, 3.8) is 0 Å². The molecule has 1 atom stereocenters. The van der Waals surface area contributed by atoms with E-state index in [1.807, 2.05) is 36.8 Å². The van der Waals surface area contributed by atoms with E-state index in [1.165, 1.54) is 0 Å². The SMILES string of the molecule is CCOc1cc2nc(CC3CCOC3)cn2cc1NC(=O)c1cn(C)cn1. The molecule has 0 bridgehead atoms. The van der Waals surface area contributed by atoms with Crippen LogP contribution in [0.1, 0.15) is 29.5 Å². The highest BCUT2D eigenvalue weighted by molar-refractivity contribution is 6.03. The fourth-order valence-corrected chi connectivity index (χ4v) is 3.29. The Kier molecular flexibility index (Phi) is 4.81. The number of aromatic nitrogens is 4. The molecule has 4 heterocycles. The van der Waals surface area contributed by atoms with Crippen molar-refractivity contribution in [3.05, 3.63) is 42.4 Å². The summed E-state index contributed by atoms with van der Waals surface area (Å²) >= 11 is 0. The number of anilines is 1. The zero-order valence-electron chi connectivity index (χ0n) is 15.5. The second kappa shape index (κ2) is 7.40. The minimum Gasteiger partial charge on any atom is -0.491 e. The number of nitrogens with zero attached hydrogens (tertiary/aromatic N) is 4. The molecule has 0 aromatic carbocycles. The summed E-state index contributed by atoms with van der Waals surface area (Å²) in [5.41, 5.74) is 2.75. The summed E-state index contributed by atoms with van der Waals surface area (Å²) in [5.74, 6) is 0.833. The third-order valence-corrected chi connectivity index (χ3v) is 4.61. The number of carbonyl (C=O) groups excluding carboxylic acids is 1. The number of hydrogen-bond donors (Lipinski definition) is 1. The van der Waals surface area contributed by atoms with Gasteiger partial charge in [-0.05, 0) is 25.7 Å². The minimum absolute atomic E-state index is 0.278. The van der Waals surface area contributed by atoms with Gasteiger partial charge in [-0.2, -0.15) is 0 Å². The molecule has 3 aromatic heterocycles. The molecule has 1 unspecified atom stereocenters. The highest BCUT2D eigenvalue weighted by Gasteiger charge is 2.19. The van der Waals surface area contributed by atoms with E-state index in [0.717, 1.165) is 37.4 Å². The van der Waals surface area contributed by atoms with Crippen molar-refractivity contribution in [1.29, 1.82) is 0 Å². The van der Waals surface area contributed by atoms with Crippen molar-refractivity contribution in [1.82, 2.24) is 18.9 Å². The van der Waals surface area contributed by atoms with Gasteiger partial charge in [-0.25, -0.2) is 9.97 Å². The standard InChI is InChI=1S/C19H23N5O3/c1-3-27-17-7-18-21-14(6-13-4-5-26-11-13)8-24(18)10-15(17)22-19(25)16-9-23(2)12-20-16/h7-10,12-13H,3-6,11H2,1-2H3,(H,22,25). The van der Waals surface area contributed by atoms with Crippen LogP contribution in [-0.2, 0) is 18.2 Å². The highest BCUT2D eigenvalue weighted by atomic mass is 16.5. The van der Waals surface area contributed by atoms with Crippen LogP contribution in [0.15, 0.2) is 31.0 Å². The average Bonchev–Trinajstić information content (AvgIpc) is 3.37. The van der Waals surface area contributed by atoms with E-state index in [0.29, 0.717) is 29.7 Å². The number of fused-ring (bicyclic) bond motifs is 1. The molecule has 3 aromatic rings. The van der Waals surface area contributed by atoms with Crippen molar-refractivity contribution >= 4 is 17.2 Å². The second-order valence-corrected chi connectivity index (χ2v) is 6.79. The number of rotatable bonds is 6. The van der Waals surface area contributed by atoms with Gasteiger partial charge in [0.05, 0.1) is 18.6 Å². The van der Waals surface area contributed by atoms with Gasteiger partial charge in [0.25, 0.3) is 5.91 Å². The van der Waals surface area contributed by atoms with Crippen molar-refractivity contribution in [2.45, 2.75) is 19.8 Å². The molecular formula is C19H23N5O3. The predicted molar refractivity (Wildman–Crippen MR) is 100 cm³/mol. The monoisotopic (exact) mass is 369 g/mol. The molecular weight excluding hydrogens is 346 g/mol. The predicted octanol–water partition coefficient (Wildman–Crippen LogP) is 2.30. The lowest BCUT2D eigenvalue weighted by Crippen LogP contribution is -2.14. The molecule has 1 aliphatic rings. The minimum atomic E-state index is -0.278. The molecule has 0 spiro atoms. The number of carbonyl (C=O) groups is 1. The molecule has 1 saturated heterocycles. The molecule has 1 aliphatic heterocycles. The number of hydrogen-bond acceptors (Lipinski definition) is 5. The summed E-state index contributed by atoms with van der Waals surface area (Å²) in [6.07, 6.45) is 9.07. The van der Waals surface area contributed by atoms with Crippen LogP contribution in [0.5, 0.6) is 5.75 Å². The fourth-order valence-electron chi connectivity index (χ4n) is 3.29. The molecule has 0 radical (unpaired) electrons. The molecule has 0 saturated carbocycles. The van der Waals surface area contributed by atoms with Gasteiger partial charge in [0.2, 0.25) is 0 Å². The van der Waals surface area contributed by atoms with Crippen molar-refractivity contribution in [2.75, 3.05) is 25.1 Å². The Morgan fingerprint density at radius 1 is 1.41 bits per heavy atom. The topological polar surface area (TPSA) is 82.7 Å². The van der Waals surface area contributed by atoms with Crippen molar-refractivity contribution in [2.24, 2.45) is 13.0 Å². The molecule has 142 valence electrons. The fraction of sp³-hybridized carbons (Fsp3) is 0.421. The van der Waals surface area contributed by atoms with Crippen LogP contribution in [0, 0.1) is 5.92 Å². The third-order valence-electron chi connectivity index (χ3n) is 4.61. The summed E-state index contributed by atoms with van der Waals surface area (Å²) < 4.78 is 14.8. The highest BCUT2D eigenvalue weighted by Crippen LogP contribution is 2.28. The summed E-state index contributed by atoms with van der Waals surface area (Å²) in [4.78, 5) is 21.3. The number of amides is 1. The first-order valence-electron chi connectivity index (χ1n) is 9.14. The molecule has 1 amide bonds. The zero-order chi connectivity index (χ0) is 18.8. The number of nitrogens with one attached hydrogen (secondary N) is 1. The summed E-state index contributed by atoms with van der Waals surface area (Å²) in [6.45, 7) is 4.03. The molecule has 1 N–H and O–H groups in total. The van der Waals surface area contributed by atoms with Crippen LogP contribution in [0.3, 0.4) is 0 Å². The molecule has 27 heavy (non-hydrogen) atoms. The smallest absolute Gasteiger partial charge is 0.275 e. The van der Waals surface area contributed by atoms with Crippen molar-refractivity contribution in [3.8, 4) is 5.75 Å². The third kappa shape index (κ3) is 3.80. The second-order valence-electron chi connectivity index (χ2n) is 6.79. The number of ether oxygens (including phenoxy) is 2.